The maximum atomic E-state index is 12.9. The number of non-ortho nitro benzene ring substituents is 1. The summed E-state index contributed by atoms with van der Waals surface area (Å²) in [6.45, 7) is 2.00. The lowest BCUT2D eigenvalue weighted by atomic mass is 10.1. The van der Waals surface area contributed by atoms with Crippen molar-refractivity contribution in [2.24, 2.45) is 0 Å². The average Bonchev–Trinajstić information content (AvgIpc) is 2.87. The SMILES string of the molecule is Cc1ccc(Oc2ccc(NC(=O)c3ccccc3NC(=O)c3ccc([N+](=O)[O-])cc3)cc2)cc1. The summed E-state index contributed by atoms with van der Waals surface area (Å²) < 4.78 is 5.81. The van der Waals surface area contributed by atoms with E-state index in [0.29, 0.717) is 22.9 Å². The summed E-state index contributed by atoms with van der Waals surface area (Å²) in [5.74, 6) is 0.447. The predicted octanol–water partition coefficient (Wildman–Crippen LogP) is 6.20. The van der Waals surface area contributed by atoms with E-state index >= 15 is 0 Å². The lowest BCUT2D eigenvalue weighted by molar-refractivity contribution is -0.384. The first-order valence-corrected chi connectivity index (χ1v) is 10.7. The summed E-state index contributed by atoms with van der Waals surface area (Å²) in [6.07, 6.45) is 0. The molecule has 0 aliphatic heterocycles. The number of benzene rings is 4. The molecule has 4 rings (SSSR count). The zero-order chi connectivity index (χ0) is 24.8. The van der Waals surface area contributed by atoms with E-state index in [1.165, 1.54) is 24.3 Å². The Hall–Kier alpha value is -4.98. The molecule has 0 aliphatic rings. The van der Waals surface area contributed by atoms with Gasteiger partial charge in [0.1, 0.15) is 11.5 Å². The molecule has 2 amide bonds. The van der Waals surface area contributed by atoms with Crippen LogP contribution in [0.3, 0.4) is 0 Å². The van der Waals surface area contributed by atoms with Crippen LogP contribution in [-0.2, 0) is 0 Å². The average molecular weight is 467 g/mol. The van der Waals surface area contributed by atoms with E-state index in [9.17, 15) is 19.7 Å². The molecule has 35 heavy (non-hydrogen) atoms. The maximum absolute atomic E-state index is 12.9. The molecule has 0 unspecified atom stereocenters. The van der Waals surface area contributed by atoms with Crippen LogP contribution in [0.25, 0.3) is 0 Å². The minimum absolute atomic E-state index is 0.114. The lowest BCUT2D eigenvalue weighted by Gasteiger charge is -2.12. The lowest BCUT2D eigenvalue weighted by Crippen LogP contribution is -2.18. The van der Waals surface area contributed by atoms with Crippen LogP contribution in [0.4, 0.5) is 17.1 Å². The number of hydrogen-bond acceptors (Lipinski definition) is 5. The molecule has 0 aliphatic carbocycles. The van der Waals surface area contributed by atoms with Gasteiger partial charge in [0.05, 0.1) is 16.2 Å². The van der Waals surface area contributed by atoms with Crippen molar-refractivity contribution in [2.45, 2.75) is 6.92 Å². The molecular formula is C27H21N3O5. The van der Waals surface area contributed by atoms with Crippen LogP contribution in [0.5, 0.6) is 11.5 Å². The van der Waals surface area contributed by atoms with Gasteiger partial charge in [-0.25, -0.2) is 0 Å². The second-order valence-electron chi connectivity index (χ2n) is 7.70. The number of nitro groups is 1. The van der Waals surface area contributed by atoms with Crippen LogP contribution in [0, 0.1) is 17.0 Å². The number of carbonyl (C=O) groups is 2. The van der Waals surface area contributed by atoms with Crippen molar-refractivity contribution >= 4 is 28.9 Å². The molecule has 0 aromatic heterocycles. The van der Waals surface area contributed by atoms with Gasteiger partial charge in [0.15, 0.2) is 0 Å². The van der Waals surface area contributed by atoms with Gasteiger partial charge in [0, 0.05) is 23.4 Å². The Morgan fingerprint density at radius 1 is 0.743 bits per heavy atom. The fraction of sp³-hybridized carbons (Fsp3) is 0.0370. The number of nitrogens with zero attached hydrogens (tertiary/aromatic N) is 1. The normalized spacial score (nSPS) is 10.3. The molecule has 0 heterocycles. The third-order valence-electron chi connectivity index (χ3n) is 5.13. The van der Waals surface area contributed by atoms with Crippen molar-refractivity contribution in [1.82, 2.24) is 0 Å². The molecule has 0 saturated heterocycles. The summed E-state index contributed by atoms with van der Waals surface area (Å²) >= 11 is 0. The molecule has 2 N–H and O–H groups in total. The van der Waals surface area contributed by atoms with Gasteiger partial charge in [0.25, 0.3) is 17.5 Å². The van der Waals surface area contributed by atoms with Crippen molar-refractivity contribution in [1.29, 1.82) is 0 Å². The highest BCUT2D eigenvalue weighted by Gasteiger charge is 2.15. The second-order valence-corrected chi connectivity index (χ2v) is 7.70. The molecule has 4 aromatic carbocycles. The Balaban J connectivity index is 1.43. The van der Waals surface area contributed by atoms with E-state index in [-0.39, 0.29) is 16.8 Å². The van der Waals surface area contributed by atoms with E-state index < -0.39 is 16.7 Å². The smallest absolute Gasteiger partial charge is 0.269 e. The highest BCUT2D eigenvalue weighted by atomic mass is 16.6. The fourth-order valence-corrected chi connectivity index (χ4v) is 3.27. The molecule has 8 heteroatoms. The largest absolute Gasteiger partial charge is 0.457 e. The number of hydrogen-bond donors (Lipinski definition) is 2. The number of rotatable bonds is 7. The van der Waals surface area contributed by atoms with Crippen LogP contribution in [0.15, 0.2) is 97.1 Å². The Morgan fingerprint density at radius 3 is 1.97 bits per heavy atom. The zero-order valence-corrected chi connectivity index (χ0v) is 18.7. The fourth-order valence-electron chi connectivity index (χ4n) is 3.27. The van der Waals surface area contributed by atoms with Crippen molar-refractivity contribution in [3.8, 4) is 11.5 Å². The third-order valence-corrected chi connectivity index (χ3v) is 5.13. The van der Waals surface area contributed by atoms with Gasteiger partial charge in [-0.3, -0.25) is 19.7 Å². The first kappa shape index (κ1) is 23.2. The maximum Gasteiger partial charge on any atom is 0.269 e. The topological polar surface area (TPSA) is 111 Å². The number of para-hydroxylation sites is 1. The summed E-state index contributed by atoms with van der Waals surface area (Å²) in [6, 6.07) is 26.4. The number of nitro benzene ring substituents is 1. The molecule has 4 aromatic rings. The third kappa shape index (κ3) is 5.88. The predicted molar refractivity (Wildman–Crippen MR) is 133 cm³/mol. The molecule has 0 atom stereocenters. The standard InChI is InChI=1S/C27H21N3O5/c1-18-6-14-22(15-7-18)35-23-16-10-20(11-17-23)28-27(32)24-4-2-3-5-25(24)29-26(31)19-8-12-21(13-9-19)30(33)34/h2-17H,1H3,(H,28,32)(H,29,31). The molecule has 0 spiro atoms. The Labute approximate surface area is 201 Å². The summed E-state index contributed by atoms with van der Waals surface area (Å²) in [5, 5.41) is 16.3. The van der Waals surface area contributed by atoms with Gasteiger partial charge in [-0.2, -0.15) is 0 Å². The number of aryl methyl sites for hydroxylation is 1. The van der Waals surface area contributed by atoms with Crippen molar-refractivity contribution < 1.29 is 19.2 Å². The molecule has 0 radical (unpaired) electrons. The quantitative estimate of drug-likeness (QED) is 0.248. The van der Waals surface area contributed by atoms with E-state index in [4.69, 9.17) is 4.74 Å². The monoisotopic (exact) mass is 467 g/mol. The zero-order valence-electron chi connectivity index (χ0n) is 18.7. The van der Waals surface area contributed by atoms with E-state index in [0.717, 1.165) is 5.56 Å². The van der Waals surface area contributed by atoms with Crippen LogP contribution in [-0.4, -0.2) is 16.7 Å². The van der Waals surface area contributed by atoms with Crippen LogP contribution in [0.1, 0.15) is 26.3 Å². The number of anilines is 2. The molecule has 174 valence electrons. The van der Waals surface area contributed by atoms with Crippen LogP contribution >= 0.6 is 0 Å². The van der Waals surface area contributed by atoms with Crippen LogP contribution in [0.2, 0.25) is 0 Å². The minimum atomic E-state index is -0.539. The molecule has 0 saturated carbocycles. The van der Waals surface area contributed by atoms with Crippen molar-refractivity contribution in [3.05, 3.63) is 124 Å². The van der Waals surface area contributed by atoms with E-state index in [2.05, 4.69) is 10.6 Å². The number of carbonyl (C=O) groups excluding carboxylic acids is 2. The molecular weight excluding hydrogens is 446 g/mol. The van der Waals surface area contributed by atoms with Gasteiger partial charge < -0.3 is 15.4 Å². The molecule has 8 nitrogen and oxygen atoms in total. The van der Waals surface area contributed by atoms with Gasteiger partial charge in [-0.1, -0.05) is 29.8 Å². The number of nitrogens with one attached hydrogen (secondary N) is 2. The van der Waals surface area contributed by atoms with Crippen molar-refractivity contribution in [3.63, 3.8) is 0 Å². The molecule has 0 fully saturated rings. The Morgan fingerprint density at radius 2 is 1.34 bits per heavy atom. The van der Waals surface area contributed by atoms with Gasteiger partial charge in [-0.15, -0.1) is 0 Å². The van der Waals surface area contributed by atoms with Gasteiger partial charge >= 0.3 is 0 Å². The Kier molecular flexibility index (Phi) is 6.83. The first-order valence-electron chi connectivity index (χ1n) is 10.7. The highest BCUT2D eigenvalue weighted by Crippen LogP contribution is 2.24. The van der Waals surface area contributed by atoms with Gasteiger partial charge in [0.2, 0.25) is 0 Å². The van der Waals surface area contributed by atoms with E-state index in [1.807, 2.05) is 31.2 Å². The Bertz CT molecular complexity index is 1370. The van der Waals surface area contributed by atoms with Crippen molar-refractivity contribution in [2.75, 3.05) is 10.6 Å². The van der Waals surface area contributed by atoms with Gasteiger partial charge in [-0.05, 0) is 67.6 Å². The summed E-state index contributed by atoms with van der Waals surface area (Å²) in [5.41, 5.74) is 2.39. The number of amides is 2. The second kappa shape index (κ2) is 10.3. The highest BCUT2D eigenvalue weighted by molar-refractivity contribution is 6.12. The molecule has 0 bridgehead atoms. The minimum Gasteiger partial charge on any atom is -0.457 e. The van der Waals surface area contributed by atoms with Crippen LogP contribution < -0.4 is 15.4 Å². The number of ether oxygens (including phenoxy) is 1. The first-order chi connectivity index (χ1) is 16.9. The van der Waals surface area contributed by atoms with E-state index in [1.54, 1.807) is 48.5 Å². The summed E-state index contributed by atoms with van der Waals surface area (Å²) in [4.78, 5) is 35.8. The summed E-state index contributed by atoms with van der Waals surface area (Å²) in [7, 11) is 0.